The minimum absolute atomic E-state index is 0.832. The van der Waals surface area contributed by atoms with Gasteiger partial charge in [-0.1, -0.05) is 18.2 Å². The second kappa shape index (κ2) is 4.14. The molecule has 90 valence electrons. The molecule has 2 aromatic heterocycles. The monoisotopic (exact) mass is 238 g/mol. The molecule has 0 bridgehead atoms. The average Bonchev–Trinajstić information content (AvgIpc) is 2.83. The molecule has 0 radical (unpaired) electrons. The van der Waals surface area contributed by atoms with Crippen molar-refractivity contribution in [3.05, 3.63) is 47.9 Å². The molecule has 0 fully saturated rings. The fraction of sp³-hybridized carbons (Fsp3) is 0.143. The van der Waals surface area contributed by atoms with E-state index >= 15 is 0 Å². The van der Waals surface area contributed by atoms with Crippen LogP contribution in [0.1, 0.15) is 11.1 Å². The second-order valence-corrected chi connectivity index (χ2v) is 4.35. The molecule has 2 heterocycles. The summed E-state index contributed by atoms with van der Waals surface area (Å²) < 4.78 is 0. The summed E-state index contributed by atoms with van der Waals surface area (Å²) in [4.78, 5) is 11.6. The van der Waals surface area contributed by atoms with E-state index in [2.05, 4.69) is 52.3 Å². The standard InChI is InChI=1S/C14H14N4/c1-9-4-3-5-10(2)12(9)18-14-11-6-7-15-13(11)16-8-17-14/h3-8H,1-2H3,(H2,15,16,17,18). The normalized spacial score (nSPS) is 10.8. The van der Waals surface area contributed by atoms with E-state index in [1.54, 1.807) is 6.33 Å². The Bertz CT molecular complexity index is 680. The fourth-order valence-electron chi connectivity index (χ4n) is 2.10. The number of hydrogen-bond donors (Lipinski definition) is 2. The van der Waals surface area contributed by atoms with Crippen molar-refractivity contribution >= 4 is 22.5 Å². The van der Waals surface area contributed by atoms with Gasteiger partial charge in [0.15, 0.2) is 0 Å². The maximum absolute atomic E-state index is 4.31. The Morgan fingerprint density at radius 1 is 1.06 bits per heavy atom. The maximum Gasteiger partial charge on any atom is 0.143 e. The molecular formula is C14H14N4. The third-order valence-corrected chi connectivity index (χ3v) is 3.08. The van der Waals surface area contributed by atoms with Gasteiger partial charge in [-0.2, -0.15) is 0 Å². The van der Waals surface area contributed by atoms with Gasteiger partial charge in [0.1, 0.15) is 17.8 Å². The highest BCUT2D eigenvalue weighted by atomic mass is 15.0. The molecule has 0 saturated carbocycles. The van der Waals surface area contributed by atoms with Gasteiger partial charge in [0.2, 0.25) is 0 Å². The first-order valence-corrected chi connectivity index (χ1v) is 5.87. The third kappa shape index (κ3) is 1.72. The number of rotatable bonds is 2. The van der Waals surface area contributed by atoms with Crippen LogP contribution in [0.3, 0.4) is 0 Å². The number of para-hydroxylation sites is 1. The number of nitrogens with zero attached hydrogens (tertiary/aromatic N) is 2. The molecule has 3 aromatic rings. The molecule has 0 atom stereocenters. The smallest absolute Gasteiger partial charge is 0.143 e. The summed E-state index contributed by atoms with van der Waals surface area (Å²) in [5.41, 5.74) is 4.37. The molecule has 0 amide bonds. The molecule has 0 aliphatic heterocycles. The number of anilines is 2. The van der Waals surface area contributed by atoms with Gasteiger partial charge in [0.05, 0.1) is 5.39 Å². The quantitative estimate of drug-likeness (QED) is 0.720. The summed E-state index contributed by atoms with van der Waals surface area (Å²) in [5, 5.41) is 4.40. The molecular weight excluding hydrogens is 224 g/mol. The lowest BCUT2D eigenvalue weighted by molar-refractivity contribution is 1.19. The average molecular weight is 238 g/mol. The van der Waals surface area contributed by atoms with Gasteiger partial charge in [-0.3, -0.25) is 0 Å². The van der Waals surface area contributed by atoms with Crippen LogP contribution in [-0.4, -0.2) is 15.0 Å². The van der Waals surface area contributed by atoms with Gasteiger partial charge in [-0.15, -0.1) is 0 Å². The van der Waals surface area contributed by atoms with Gasteiger partial charge in [-0.05, 0) is 31.0 Å². The highest BCUT2D eigenvalue weighted by Gasteiger charge is 2.07. The molecule has 4 nitrogen and oxygen atoms in total. The summed E-state index contributed by atoms with van der Waals surface area (Å²) in [5.74, 6) is 0.832. The van der Waals surface area contributed by atoms with Crippen molar-refractivity contribution in [1.82, 2.24) is 15.0 Å². The molecule has 0 unspecified atom stereocenters. The Morgan fingerprint density at radius 3 is 2.61 bits per heavy atom. The first kappa shape index (κ1) is 10.8. The first-order chi connectivity index (χ1) is 8.75. The number of aromatic nitrogens is 3. The lowest BCUT2D eigenvalue weighted by atomic mass is 10.1. The minimum atomic E-state index is 0.832. The Morgan fingerprint density at radius 2 is 1.83 bits per heavy atom. The molecule has 1 aromatic carbocycles. The van der Waals surface area contributed by atoms with Crippen molar-refractivity contribution in [1.29, 1.82) is 0 Å². The number of fused-ring (bicyclic) bond motifs is 1. The number of benzene rings is 1. The van der Waals surface area contributed by atoms with E-state index in [1.807, 2.05) is 12.3 Å². The van der Waals surface area contributed by atoms with Gasteiger partial charge in [-0.25, -0.2) is 9.97 Å². The van der Waals surface area contributed by atoms with Crippen LogP contribution in [0.15, 0.2) is 36.8 Å². The van der Waals surface area contributed by atoms with Crippen molar-refractivity contribution in [2.75, 3.05) is 5.32 Å². The number of aryl methyl sites for hydroxylation is 2. The summed E-state index contributed by atoms with van der Waals surface area (Å²) in [6.07, 6.45) is 3.43. The Kier molecular flexibility index (Phi) is 2.48. The van der Waals surface area contributed by atoms with E-state index in [9.17, 15) is 0 Å². The predicted octanol–water partition coefficient (Wildman–Crippen LogP) is 3.32. The summed E-state index contributed by atoms with van der Waals surface area (Å²) >= 11 is 0. The van der Waals surface area contributed by atoms with E-state index in [4.69, 9.17) is 0 Å². The van der Waals surface area contributed by atoms with Crippen LogP contribution in [0.25, 0.3) is 11.0 Å². The fourth-order valence-corrected chi connectivity index (χ4v) is 2.10. The largest absolute Gasteiger partial charge is 0.346 e. The Balaban J connectivity index is 2.09. The SMILES string of the molecule is Cc1cccc(C)c1Nc1ncnc2[nH]ccc12. The Labute approximate surface area is 105 Å². The summed E-state index contributed by atoms with van der Waals surface area (Å²) in [6, 6.07) is 8.21. The number of nitrogens with one attached hydrogen (secondary N) is 2. The molecule has 0 aliphatic carbocycles. The zero-order valence-corrected chi connectivity index (χ0v) is 10.4. The Hall–Kier alpha value is -2.36. The lowest BCUT2D eigenvalue weighted by Gasteiger charge is -2.12. The van der Waals surface area contributed by atoms with Crippen LogP contribution in [-0.2, 0) is 0 Å². The molecule has 0 aliphatic rings. The molecule has 0 saturated heterocycles. The van der Waals surface area contributed by atoms with E-state index in [0.717, 1.165) is 22.5 Å². The van der Waals surface area contributed by atoms with Crippen molar-refractivity contribution in [2.45, 2.75) is 13.8 Å². The molecule has 2 N–H and O–H groups in total. The van der Waals surface area contributed by atoms with E-state index in [0.29, 0.717) is 0 Å². The molecule has 0 spiro atoms. The van der Waals surface area contributed by atoms with Gasteiger partial charge in [0.25, 0.3) is 0 Å². The zero-order chi connectivity index (χ0) is 12.5. The van der Waals surface area contributed by atoms with E-state index in [-0.39, 0.29) is 0 Å². The lowest BCUT2D eigenvalue weighted by Crippen LogP contribution is -1.99. The van der Waals surface area contributed by atoms with Crippen LogP contribution < -0.4 is 5.32 Å². The van der Waals surface area contributed by atoms with E-state index < -0.39 is 0 Å². The summed E-state index contributed by atoms with van der Waals surface area (Å²) in [7, 11) is 0. The van der Waals surface area contributed by atoms with Gasteiger partial charge < -0.3 is 10.3 Å². The predicted molar refractivity (Wildman–Crippen MR) is 73.1 cm³/mol. The van der Waals surface area contributed by atoms with Crippen LogP contribution >= 0.6 is 0 Å². The van der Waals surface area contributed by atoms with Gasteiger partial charge in [0, 0.05) is 11.9 Å². The highest BCUT2D eigenvalue weighted by molar-refractivity contribution is 5.89. The molecule has 3 rings (SSSR count). The second-order valence-electron chi connectivity index (χ2n) is 4.35. The number of H-pyrrole nitrogens is 1. The molecule has 4 heteroatoms. The minimum Gasteiger partial charge on any atom is -0.346 e. The van der Waals surface area contributed by atoms with Crippen molar-refractivity contribution in [3.63, 3.8) is 0 Å². The number of aromatic amines is 1. The van der Waals surface area contributed by atoms with Crippen molar-refractivity contribution < 1.29 is 0 Å². The van der Waals surface area contributed by atoms with Crippen LogP contribution in [0.5, 0.6) is 0 Å². The van der Waals surface area contributed by atoms with Crippen LogP contribution in [0.2, 0.25) is 0 Å². The topological polar surface area (TPSA) is 53.6 Å². The van der Waals surface area contributed by atoms with Crippen LogP contribution in [0, 0.1) is 13.8 Å². The third-order valence-electron chi connectivity index (χ3n) is 3.08. The summed E-state index contributed by atoms with van der Waals surface area (Å²) in [6.45, 7) is 4.18. The zero-order valence-electron chi connectivity index (χ0n) is 10.4. The first-order valence-electron chi connectivity index (χ1n) is 5.87. The highest BCUT2D eigenvalue weighted by Crippen LogP contribution is 2.26. The molecule has 18 heavy (non-hydrogen) atoms. The van der Waals surface area contributed by atoms with Crippen molar-refractivity contribution in [2.24, 2.45) is 0 Å². The van der Waals surface area contributed by atoms with Crippen LogP contribution in [0.4, 0.5) is 11.5 Å². The number of hydrogen-bond acceptors (Lipinski definition) is 3. The maximum atomic E-state index is 4.31. The van der Waals surface area contributed by atoms with Crippen molar-refractivity contribution in [3.8, 4) is 0 Å². The van der Waals surface area contributed by atoms with E-state index in [1.165, 1.54) is 11.1 Å². The van der Waals surface area contributed by atoms with Gasteiger partial charge >= 0.3 is 0 Å².